The maximum Gasteiger partial charge on any atom is 0.188 e. The van der Waals surface area contributed by atoms with Gasteiger partial charge in [-0.15, -0.1) is 32.9 Å². The van der Waals surface area contributed by atoms with E-state index in [0.29, 0.717) is 34.2 Å². The molecule has 2 unspecified atom stereocenters. The fourth-order valence-corrected chi connectivity index (χ4v) is 4.93. The van der Waals surface area contributed by atoms with Gasteiger partial charge in [0.2, 0.25) is 0 Å². The molecule has 2 atom stereocenters. The van der Waals surface area contributed by atoms with Crippen LogP contribution in [0.2, 0.25) is 5.15 Å². The van der Waals surface area contributed by atoms with Crippen LogP contribution in [-0.4, -0.2) is 35.2 Å². The lowest BCUT2D eigenvalue weighted by molar-refractivity contribution is 0.121. The van der Waals surface area contributed by atoms with Crippen LogP contribution in [0.1, 0.15) is 61.1 Å². The number of hydrogen-bond acceptors (Lipinski definition) is 12. The van der Waals surface area contributed by atoms with Crippen molar-refractivity contribution in [2.24, 2.45) is 0 Å². The lowest BCUT2D eigenvalue weighted by atomic mass is 9.88. The third kappa shape index (κ3) is 6.67. The van der Waals surface area contributed by atoms with Crippen molar-refractivity contribution in [1.29, 1.82) is 0 Å². The molecular formula is C22H26ClN9OS2. The van der Waals surface area contributed by atoms with Gasteiger partial charge < -0.3 is 15.7 Å². The second-order valence-corrected chi connectivity index (χ2v) is 11.2. The third-order valence-corrected chi connectivity index (χ3v) is 7.13. The van der Waals surface area contributed by atoms with Gasteiger partial charge in [-0.1, -0.05) is 32.4 Å². The fraction of sp³-hybridized carbons (Fsp3) is 0.364. The topological polar surface area (TPSA) is 134 Å². The lowest BCUT2D eigenvalue weighted by Crippen LogP contribution is -2.25. The van der Waals surface area contributed by atoms with E-state index >= 15 is 0 Å². The fourth-order valence-electron chi connectivity index (χ4n) is 3.15. The van der Waals surface area contributed by atoms with Gasteiger partial charge in [-0.2, -0.15) is 0 Å². The van der Waals surface area contributed by atoms with Crippen LogP contribution in [0.5, 0.6) is 0 Å². The SMILES string of the molecule is CC(NC(O)c1cc(Nc2nccs2)ncn1)c1ncc(CNc2cc(C(C)(C)C)c(Cl)nn2)s1. The Bertz CT molecular complexity index is 1260. The Kier molecular flexibility index (Phi) is 7.87. The molecule has 0 saturated heterocycles. The smallest absolute Gasteiger partial charge is 0.188 e. The minimum Gasteiger partial charge on any atom is -0.373 e. The molecule has 184 valence electrons. The number of aromatic nitrogens is 6. The molecule has 10 nitrogen and oxygen atoms in total. The van der Waals surface area contributed by atoms with E-state index in [0.717, 1.165) is 15.4 Å². The van der Waals surface area contributed by atoms with E-state index in [9.17, 15) is 5.11 Å². The number of nitrogens with one attached hydrogen (secondary N) is 3. The van der Waals surface area contributed by atoms with Crippen molar-refractivity contribution >= 4 is 51.0 Å². The molecule has 0 fully saturated rings. The maximum absolute atomic E-state index is 10.7. The summed E-state index contributed by atoms with van der Waals surface area (Å²) < 4.78 is 0. The molecular weight excluding hydrogens is 506 g/mol. The summed E-state index contributed by atoms with van der Waals surface area (Å²) in [5.41, 5.74) is 1.24. The molecule has 0 amide bonds. The first-order valence-electron chi connectivity index (χ1n) is 10.8. The molecule has 13 heteroatoms. The molecule has 0 aliphatic carbocycles. The summed E-state index contributed by atoms with van der Waals surface area (Å²) in [6.07, 6.45) is 3.93. The average molecular weight is 532 g/mol. The van der Waals surface area contributed by atoms with Gasteiger partial charge in [0.1, 0.15) is 29.2 Å². The molecule has 0 aromatic carbocycles. The van der Waals surface area contributed by atoms with Crippen LogP contribution in [0.15, 0.2) is 36.2 Å². The van der Waals surface area contributed by atoms with E-state index in [1.807, 2.05) is 24.6 Å². The summed E-state index contributed by atoms with van der Waals surface area (Å²) in [6.45, 7) is 8.73. The Morgan fingerprint density at radius 2 is 1.91 bits per heavy atom. The first-order chi connectivity index (χ1) is 16.7. The maximum atomic E-state index is 10.7. The largest absolute Gasteiger partial charge is 0.373 e. The summed E-state index contributed by atoms with van der Waals surface area (Å²) in [5, 5.41) is 32.2. The first kappa shape index (κ1) is 25.3. The Labute approximate surface area is 216 Å². The molecule has 0 bridgehead atoms. The van der Waals surface area contributed by atoms with Crippen molar-refractivity contribution in [3.05, 3.63) is 62.5 Å². The second kappa shape index (κ2) is 10.9. The summed E-state index contributed by atoms with van der Waals surface area (Å²) in [6, 6.07) is 3.41. The van der Waals surface area contributed by atoms with Crippen LogP contribution in [0, 0.1) is 0 Å². The van der Waals surface area contributed by atoms with Crippen LogP contribution in [0.4, 0.5) is 16.8 Å². The van der Waals surface area contributed by atoms with Gasteiger partial charge in [0, 0.05) is 34.3 Å². The van der Waals surface area contributed by atoms with E-state index < -0.39 is 6.23 Å². The minimum absolute atomic E-state index is 0.135. The quantitative estimate of drug-likeness (QED) is 0.222. The number of aliphatic hydroxyl groups is 1. The third-order valence-electron chi connectivity index (χ3n) is 4.99. The highest BCUT2D eigenvalue weighted by molar-refractivity contribution is 7.13. The number of thiazole rings is 2. The van der Waals surface area contributed by atoms with Crippen LogP contribution >= 0.6 is 34.3 Å². The Morgan fingerprint density at radius 1 is 1.09 bits per heavy atom. The van der Waals surface area contributed by atoms with Gasteiger partial charge in [-0.05, 0) is 18.4 Å². The first-order valence-corrected chi connectivity index (χ1v) is 12.9. The molecule has 0 saturated carbocycles. The van der Waals surface area contributed by atoms with Crippen LogP contribution in [-0.2, 0) is 12.0 Å². The van der Waals surface area contributed by atoms with Gasteiger partial charge in [0.25, 0.3) is 0 Å². The van der Waals surface area contributed by atoms with Crippen LogP contribution in [0.3, 0.4) is 0 Å². The zero-order chi connectivity index (χ0) is 25.0. The van der Waals surface area contributed by atoms with E-state index in [4.69, 9.17) is 11.6 Å². The zero-order valence-electron chi connectivity index (χ0n) is 19.7. The van der Waals surface area contributed by atoms with Crippen molar-refractivity contribution in [3.63, 3.8) is 0 Å². The predicted octanol–water partition coefficient (Wildman–Crippen LogP) is 4.83. The number of hydrogen-bond donors (Lipinski definition) is 4. The summed E-state index contributed by atoms with van der Waals surface area (Å²) in [7, 11) is 0. The Hall–Kier alpha value is -2.77. The highest BCUT2D eigenvalue weighted by Gasteiger charge is 2.20. The van der Waals surface area contributed by atoms with Gasteiger partial charge in [0.15, 0.2) is 10.3 Å². The average Bonchev–Trinajstić information content (AvgIpc) is 3.50. The minimum atomic E-state index is -0.990. The monoisotopic (exact) mass is 531 g/mol. The molecule has 0 aliphatic rings. The predicted molar refractivity (Wildman–Crippen MR) is 139 cm³/mol. The zero-order valence-corrected chi connectivity index (χ0v) is 22.0. The second-order valence-electron chi connectivity index (χ2n) is 8.78. The van der Waals surface area contributed by atoms with Crippen molar-refractivity contribution in [2.45, 2.75) is 51.9 Å². The molecule has 4 N–H and O–H groups in total. The number of nitrogens with zero attached hydrogens (tertiary/aromatic N) is 6. The van der Waals surface area contributed by atoms with Gasteiger partial charge in [0.05, 0.1) is 18.3 Å². The van der Waals surface area contributed by atoms with Gasteiger partial charge in [-0.3, -0.25) is 5.32 Å². The van der Waals surface area contributed by atoms with Gasteiger partial charge in [-0.25, -0.2) is 19.9 Å². The van der Waals surface area contributed by atoms with Crippen molar-refractivity contribution < 1.29 is 5.11 Å². The van der Waals surface area contributed by atoms with E-state index in [-0.39, 0.29) is 11.5 Å². The number of halogens is 1. The molecule has 35 heavy (non-hydrogen) atoms. The van der Waals surface area contributed by atoms with E-state index in [1.54, 1.807) is 23.6 Å². The van der Waals surface area contributed by atoms with Crippen molar-refractivity contribution in [2.75, 3.05) is 10.6 Å². The Balaban J connectivity index is 1.35. The summed E-state index contributed by atoms with van der Waals surface area (Å²) in [4.78, 5) is 18.1. The Morgan fingerprint density at radius 3 is 2.66 bits per heavy atom. The standard InChI is InChI=1S/C22H26ClN9OS2/c1-12(29-19(33)15-8-16(28-11-27-15)30-21-24-5-6-34-21)20-26-10-13(35-20)9-25-17-7-14(22(2,3)4)18(23)32-31-17/h5-8,10-12,19,29,33H,9H2,1-4H3,(H,25,31)(H,24,27,28,30). The molecule has 0 radical (unpaired) electrons. The van der Waals surface area contributed by atoms with Crippen LogP contribution in [0.25, 0.3) is 0 Å². The highest BCUT2D eigenvalue weighted by atomic mass is 35.5. The lowest BCUT2D eigenvalue weighted by Gasteiger charge is -2.20. The number of rotatable bonds is 9. The number of aliphatic hydroxyl groups excluding tert-OH is 1. The normalized spacial score (nSPS) is 13.4. The van der Waals surface area contributed by atoms with Crippen molar-refractivity contribution in [3.8, 4) is 0 Å². The number of anilines is 3. The molecule has 0 aliphatic heterocycles. The molecule has 0 spiro atoms. The van der Waals surface area contributed by atoms with Gasteiger partial charge >= 0.3 is 0 Å². The molecule has 4 rings (SSSR count). The summed E-state index contributed by atoms with van der Waals surface area (Å²) in [5.74, 6) is 1.21. The molecule has 4 aromatic rings. The molecule has 4 aromatic heterocycles. The molecule has 4 heterocycles. The van der Waals surface area contributed by atoms with E-state index in [2.05, 4.69) is 66.9 Å². The van der Waals surface area contributed by atoms with Crippen LogP contribution < -0.4 is 16.0 Å². The van der Waals surface area contributed by atoms with E-state index in [1.165, 1.54) is 17.7 Å². The highest BCUT2D eigenvalue weighted by Crippen LogP contribution is 2.29. The summed E-state index contributed by atoms with van der Waals surface area (Å²) >= 11 is 9.22. The van der Waals surface area contributed by atoms with Crippen molar-refractivity contribution in [1.82, 2.24) is 35.5 Å².